The van der Waals surface area contributed by atoms with Gasteiger partial charge in [0.15, 0.2) is 0 Å². The molecule has 72 valence electrons. The zero-order chi connectivity index (χ0) is 8.81. The molecule has 0 aliphatic carbocycles. The van der Waals surface area contributed by atoms with E-state index in [1.54, 1.807) is 0 Å². The van der Waals surface area contributed by atoms with Gasteiger partial charge in [0.1, 0.15) is 0 Å². The van der Waals surface area contributed by atoms with Crippen LogP contribution < -0.4 is 5.73 Å². The zero-order valence-corrected chi connectivity index (χ0v) is 8.30. The van der Waals surface area contributed by atoms with Crippen LogP contribution >= 0.6 is 12.6 Å². The fraction of sp³-hybridized carbons (Fsp3) is 1.00. The minimum absolute atomic E-state index is 0.423. The van der Waals surface area contributed by atoms with E-state index >= 15 is 0 Å². The molecule has 0 radical (unpaired) electrons. The molecule has 2 N–H and O–H groups in total. The van der Waals surface area contributed by atoms with Crippen molar-refractivity contribution in [3.63, 3.8) is 0 Å². The second kappa shape index (κ2) is 5.80. The maximum atomic E-state index is 5.78. The minimum atomic E-state index is 0.423. The third kappa shape index (κ3) is 3.76. The third-order valence-electron chi connectivity index (χ3n) is 2.28. The van der Waals surface area contributed by atoms with Crippen LogP contribution in [0, 0.1) is 0 Å². The highest BCUT2D eigenvalue weighted by atomic mass is 32.1. The Balaban J connectivity index is 2.01. The van der Waals surface area contributed by atoms with Gasteiger partial charge in [-0.15, -0.1) is 0 Å². The van der Waals surface area contributed by atoms with Crippen LogP contribution in [0.15, 0.2) is 0 Å². The Morgan fingerprint density at radius 2 is 2.08 bits per heavy atom. The summed E-state index contributed by atoms with van der Waals surface area (Å²) in [5, 5.41) is 0. The molecular weight excluding hydrogens is 172 g/mol. The predicted octanol–water partition coefficient (Wildman–Crippen LogP) is 0.313. The second-order valence-electron chi connectivity index (χ2n) is 3.22. The Morgan fingerprint density at radius 1 is 1.42 bits per heavy atom. The van der Waals surface area contributed by atoms with Crippen LogP contribution in [0.5, 0.6) is 0 Å². The first-order valence-electron chi connectivity index (χ1n) is 4.49. The summed E-state index contributed by atoms with van der Waals surface area (Å²) in [6.45, 7) is 4.06. The molecule has 1 fully saturated rings. The van der Waals surface area contributed by atoms with Crippen LogP contribution in [-0.4, -0.2) is 43.1 Å². The molecule has 4 heteroatoms. The van der Waals surface area contributed by atoms with Crippen molar-refractivity contribution in [1.82, 2.24) is 4.90 Å². The number of ether oxygens (including phenoxy) is 1. The Hall–Kier alpha value is 0.230. The molecule has 0 aromatic heterocycles. The largest absolute Gasteiger partial charge is 0.370 e. The van der Waals surface area contributed by atoms with E-state index in [0.29, 0.717) is 12.0 Å². The predicted molar refractivity (Wildman–Crippen MR) is 53.5 cm³/mol. The van der Waals surface area contributed by atoms with Gasteiger partial charge in [-0.05, 0) is 25.9 Å². The van der Waals surface area contributed by atoms with Crippen molar-refractivity contribution < 1.29 is 4.74 Å². The van der Waals surface area contributed by atoms with Crippen molar-refractivity contribution in [3.8, 4) is 0 Å². The molecule has 12 heavy (non-hydrogen) atoms. The van der Waals surface area contributed by atoms with Gasteiger partial charge in [0.2, 0.25) is 0 Å². The normalized spacial score (nSPS) is 21.5. The molecule has 0 aromatic carbocycles. The summed E-state index contributed by atoms with van der Waals surface area (Å²) >= 11 is 3.97. The second-order valence-corrected chi connectivity index (χ2v) is 3.47. The van der Waals surface area contributed by atoms with Crippen molar-refractivity contribution >= 4 is 12.6 Å². The summed E-state index contributed by atoms with van der Waals surface area (Å²) in [7, 11) is 0. The monoisotopic (exact) mass is 190 g/mol. The highest BCUT2D eigenvalue weighted by Crippen LogP contribution is 2.07. The molecule has 1 aliphatic heterocycles. The van der Waals surface area contributed by atoms with E-state index < -0.39 is 0 Å². The summed E-state index contributed by atoms with van der Waals surface area (Å²) in [5.41, 5.74) is 5.78. The number of nitrogens with zero attached hydrogens (tertiary/aromatic N) is 1. The number of thiol groups is 1. The number of likely N-dealkylation sites (tertiary alicyclic amines) is 1. The van der Waals surface area contributed by atoms with Gasteiger partial charge in [-0.1, -0.05) is 0 Å². The Bertz CT molecular complexity index is 116. The molecule has 1 rings (SSSR count). The van der Waals surface area contributed by atoms with Gasteiger partial charge in [-0.3, -0.25) is 0 Å². The lowest BCUT2D eigenvalue weighted by atomic mass is 10.1. The topological polar surface area (TPSA) is 38.5 Å². The molecule has 0 bridgehead atoms. The minimum Gasteiger partial charge on any atom is -0.370 e. The van der Waals surface area contributed by atoms with Crippen LogP contribution in [0.3, 0.4) is 0 Å². The van der Waals surface area contributed by atoms with E-state index in [1.165, 1.54) is 0 Å². The molecule has 1 saturated heterocycles. The molecule has 0 atom stereocenters. The van der Waals surface area contributed by atoms with Crippen molar-refractivity contribution in [3.05, 3.63) is 0 Å². The van der Waals surface area contributed by atoms with Crippen LogP contribution in [0.2, 0.25) is 0 Å². The number of rotatable bonds is 4. The Kier molecular flexibility index (Phi) is 4.99. The lowest BCUT2D eigenvalue weighted by Gasteiger charge is -2.29. The quantitative estimate of drug-likeness (QED) is 0.381. The molecule has 3 nitrogen and oxygen atoms in total. The maximum Gasteiger partial charge on any atom is 0.0893 e. The molecule has 1 aliphatic rings. The summed E-state index contributed by atoms with van der Waals surface area (Å²) in [4.78, 5) is 2.40. The lowest BCUT2D eigenvalue weighted by molar-refractivity contribution is 0.123. The van der Waals surface area contributed by atoms with Crippen LogP contribution in [0.25, 0.3) is 0 Å². The molecule has 0 amide bonds. The molecule has 0 saturated carbocycles. The fourth-order valence-electron chi connectivity index (χ4n) is 1.43. The van der Waals surface area contributed by atoms with Crippen molar-refractivity contribution in [2.24, 2.45) is 5.73 Å². The molecule has 0 spiro atoms. The number of hydrogen-bond donors (Lipinski definition) is 2. The standard InChI is InChI=1S/C8H18N2OS/c9-8-1-3-10(4-2-8)5-6-11-7-12/h8,12H,1-7,9H2. The molecular formula is C8H18N2OS. The summed E-state index contributed by atoms with van der Waals surface area (Å²) < 4.78 is 5.15. The average molecular weight is 190 g/mol. The van der Waals surface area contributed by atoms with Crippen molar-refractivity contribution in [2.75, 3.05) is 32.2 Å². The van der Waals surface area contributed by atoms with E-state index in [-0.39, 0.29) is 0 Å². The maximum absolute atomic E-state index is 5.78. The number of piperidine rings is 1. The smallest absolute Gasteiger partial charge is 0.0893 e. The van der Waals surface area contributed by atoms with Crippen LogP contribution in [0.1, 0.15) is 12.8 Å². The van der Waals surface area contributed by atoms with E-state index in [0.717, 1.165) is 39.1 Å². The van der Waals surface area contributed by atoms with Crippen molar-refractivity contribution in [1.29, 1.82) is 0 Å². The van der Waals surface area contributed by atoms with E-state index in [4.69, 9.17) is 10.5 Å². The SMILES string of the molecule is NC1CCN(CCOCS)CC1. The first-order chi connectivity index (χ1) is 5.83. The first kappa shape index (κ1) is 10.3. The zero-order valence-electron chi connectivity index (χ0n) is 7.41. The van der Waals surface area contributed by atoms with Gasteiger partial charge in [0.05, 0.1) is 12.5 Å². The number of hydrogen-bond acceptors (Lipinski definition) is 4. The van der Waals surface area contributed by atoms with E-state index in [2.05, 4.69) is 17.5 Å². The first-order valence-corrected chi connectivity index (χ1v) is 5.12. The number of nitrogens with two attached hydrogens (primary N) is 1. The molecule has 1 heterocycles. The lowest BCUT2D eigenvalue weighted by Crippen LogP contribution is -2.41. The Labute approximate surface area is 79.7 Å². The van der Waals surface area contributed by atoms with Gasteiger partial charge in [0.25, 0.3) is 0 Å². The van der Waals surface area contributed by atoms with Crippen LogP contribution in [0.4, 0.5) is 0 Å². The van der Waals surface area contributed by atoms with Crippen LogP contribution in [-0.2, 0) is 4.74 Å². The van der Waals surface area contributed by atoms with Gasteiger partial charge < -0.3 is 15.4 Å². The average Bonchev–Trinajstić information content (AvgIpc) is 2.09. The van der Waals surface area contributed by atoms with Gasteiger partial charge in [-0.2, -0.15) is 12.6 Å². The highest BCUT2D eigenvalue weighted by molar-refractivity contribution is 7.80. The van der Waals surface area contributed by atoms with Gasteiger partial charge in [0, 0.05) is 12.6 Å². The highest BCUT2D eigenvalue weighted by Gasteiger charge is 2.14. The Morgan fingerprint density at radius 3 is 2.67 bits per heavy atom. The van der Waals surface area contributed by atoms with E-state index in [9.17, 15) is 0 Å². The van der Waals surface area contributed by atoms with Gasteiger partial charge >= 0.3 is 0 Å². The molecule has 0 unspecified atom stereocenters. The summed E-state index contributed by atoms with van der Waals surface area (Å²) in [5.74, 6) is 0.521. The summed E-state index contributed by atoms with van der Waals surface area (Å²) in [6.07, 6.45) is 2.25. The fourth-order valence-corrected chi connectivity index (χ4v) is 1.56. The van der Waals surface area contributed by atoms with Crippen molar-refractivity contribution in [2.45, 2.75) is 18.9 Å². The van der Waals surface area contributed by atoms with Gasteiger partial charge in [-0.25, -0.2) is 0 Å². The third-order valence-corrected chi connectivity index (χ3v) is 2.46. The van der Waals surface area contributed by atoms with E-state index in [1.807, 2.05) is 0 Å². The summed E-state index contributed by atoms with van der Waals surface area (Å²) in [6, 6.07) is 0.423. The molecule has 0 aromatic rings.